The second-order valence-corrected chi connectivity index (χ2v) is 4.27. The lowest BCUT2D eigenvalue weighted by molar-refractivity contribution is -0.185. The molecule has 4 atom stereocenters. The Kier molecular flexibility index (Phi) is 4.85. The first-order chi connectivity index (χ1) is 6.69. The number of hydrogen-bond acceptors (Lipinski definition) is 3. The number of aliphatic hydroxyl groups excluding tert-OH is 1. The largest absolute Gasteiger partial charge is 0.390 e. The molecular formula is C11H22O3. The zero-order valence-electron chi connectivity index (χ0n) is 9.40. The number of aliphatic hydroxyl groups is 1. The highest BCUT2D eigenvalue weighted by Crippen LogP contribution is 2.27. The molecule has 0 amide bonds. The Bertz CT molecular complexity index is 161. The Morgan fingerprint density at radius 2 is 2.21 bits per heavy atom. The second-order valence-electron chi connectivity index (χ2n) is 4.27. The van der Waals surface area contributed by atoms with Crippen molar-refractivity contribution in [2.45, 2.75) is 51.4 Å². The fraction of sp³-hybridized carbons (Fsp3) is 1.00. The molecule has 1 aliphatic rings. The standard InChI is InChI=1S/C11H22O3/c1-4-5-8(2)7-14-10-6-9(12)11(10)13-3/h8-12H,4-7H2,1-3H3. The number of methoxy groups -OCH3 is 1. The third kappa shape index (κ3) is 2.94. The molecule has 14 heavy (non-hydrogen) atoms. The van der Waals surface area contributed by atoms with Crippen LogP contribution in [0.15, 0.2) is 0 Å². The summed E-state index contributed by atoms with van der Waals surface area (Å²) >= 11 is 0. The van der Waals surface area contributed by atoms with Gasteiger partial charge in [0.1, 0.15) is 6.10 Å². The van der Waals surface area contributed by atoms with Gasteiger partial charge < -0.3 is 14.6 Å². The second kappa shape index (κ2) is 5.69. The minimum absolute atomic E-state index is 0.106. The predicted molar refractivity (Wildman–Crippen MR) is 55.2 cm³/mol. The van der Waals surface area contributed by atoms with Gasteiger partial charge in [0, 0.05) is 20.1 Å². The highest BCUT2D eigenvalue weighted by Gasteiger charge is 2.41. The Labute approximate surface area is 86.4 Å². The summed E-state index contributed by atoms with van der Waals surface area (Å²) in [4.78, 5) is 0. The van der Waals surface area contributed by atoms with E-state index in [1.165, 1.54) is 12.8 Å². The third-order valence-corrected chi connectivity index (χ3v) is 2.87. The van der Waals surface area contributed by atoms with Gasteiger partial charge in [-0.1, -0.05) is 20.3 Å². The predicted octanol–water partition coefficient (Wildman–Crippen LogP) is 1.59. The monoisotopic (exact) mass is 202 g/mol. The highest BCUT2D eigenvalue weighted by atomic mass is 16.5. The summed E-state index contributed by atoms with van der Waals surface area (Å²) in [7, 11) is 1.62. The van der Waals surface area contributed by atoms with E-state index in [9.17, 15) is 5.11 Å². The third-order valence-electron chi connectivity index (χ3n) is 2.87. The quantitative estimate of drug-likeness (QED) is 0.711. The molecule has 3 nitrogen and oxygen atoms in total. The molecule has 4 unspecified atom stereocenters. The fourth-order valence-corrected chi connectivity index (χ4v) is 1.89. The molecule has 0 aromatic carbocycles. The van der Waals surface area contributed by atoms with Crippen LogP contribution in [0.1, 0.15) is 33.1 Å². The van der Waals surface area contributed by atoms with Crippen LogP contribution in [0.2, 0.25) is 0 Å². The summed E-state index contributed by atoms with van der Waals surface area (Å²) in [5.74, 6) is 0.607. The number of hydrogen-bond donors (Lipinski definition) is 1. The molecule has 0 aromatic heterocycles. The Hall–Kier alpha value is -0.120. The van der Waals surface area contributed by atoms with Gasteiger partial charge in [-0.25, -0.2) is 0 Å². The van der Waals surface area contributed by atoms with E-state index in [1.54, 1.807) is 7.11 Å². The molecule has 1 rings (SSSR count). The highest BCUT2D eigenvalue weighted by molar-refractivity contribution is 4.91. The van der Waals surface area contributed by atoms with Gasteiger partial charge >= 0.3 is 0 Å². The van der Waals surface area contributed by atoms with Gasteiger partial charge in [0.05, 0.1) is 12.2 Å². The number of rotatable bonds is 6. The molecular weight excluding hydrogens is 180 g/mol. The van der Waals surface area contributed by atoms with Crippen molar-refractivity contribution in [3.63, 3.8) is 0 Å². The molecule has 0 aliphatic heterocycles. The maximum atomic E-state index is 9.34. The fourth-order valence-electron chi connectivity index (χ4n) is 1.89. The van der Waals surface area contributed by atoms with E-state index in [-0.39, 0.29) is 18.3 Å². The molecule has 0 radical (unpaired) electrons. The van der Waals surface area contributed by atoms with Crippen LogP contribution in [0.25, 0.3) is 0 Å². The van der Waals surface area contributed by atoms with Gasteiger partial charge in [-0.3, -0.25) is 0 Å². The molecule has 0 heterocycles. The lowest BCUT2D eigenvalue weighted by atomic mass is 9.88. The topological polar surface area (TPSA) is 38.7 Å². The van der Waals surface area contributed by atoms with Crippen molar-refractivity contribution in [3.8, 4) is 0 Å². The van der Waals surface area contributed by atoms with Crippen LogP contribution < -0.4 is 0 Å². The van der Waals surface area contributed by atoms with E-state index >= 15 is 0 Å². The normalized spacial score (nSPS) is 33.9. The summed E-state index contributed by atoms with van der Waals surface area (Å²) < 4.78 is 10.8. The first-order valence-corrected chi connectivity index (χ1v) is 5.51. The lowest BCUT2D eigenvalue weighted by Crippen LogP contribution is -2.53. The van der Waals surface area contributed by atoms with E-state index in [4.69, 9.17) is 9.47 Å². The number of ether oxygens (including phenoxy) is 2. The Morgan fingerprint density at radius 1 is 1.50 bits per heavy atom. The minimum atomic E-state index is -0.327. The van der Waals surface area contributed by atoms with Gasteiger partial charge in [-0.2, -0.15) is 0 Å². The molecule has 84 valence electrons. The molecule has 1 saturated carbocycles. The van der Waals surface area contributed by atoms with E-state index in [1.807, 2.05) is 0 Å². The molecule has 0 bridgehead atoms. The van der Waals surface area contributed by atoms with Crippen LogP contribution >= 0.6 is 0 Å². The zero-order chi connectivity index (χ0) is 10.6. The average molecular weight is 202 g/mol. The average Bonchev–Trinajstić information content (AvgIpc) is 2.13. The van der Waals surface area contributed by atoms with Crippen LogP contribution in [0.3, 0.4) is 0 Å². The van der Waals surface area contributed by atoms with Crippen molar-refractivity contribution in [1.82, 2.24) is 0 Å². The van der Waals surface area contributed by atoms with Gasteiger partial charge in [-0.05, 0) is 12.3 Å². The van der Waals surface area contributed by atoms with Gasteiger partial charge in [0.2, 0.25) is 0 Å². The van der Waals surface area contributed by atoms with Crippen molar-refractivity contribution in [2.24, 2.45) is 5.92 Å². The van der Waals surface area contributed by atoms with E-state index < -0.39 is 0 Å². The first kappa shape index (κ1) is 12.0. The van der Waals surface area contributed by atoms with Gasteiger partial charge in [-0.15, -0.1) is 0 Å². The van der Waals surface area contributed by atoms with Crippen molar-refractivity contribution < 1.29 is 14.6 Å². The Balaban J connectivity index is 2.13. The molecule has 1 N–H and O–H groups in total. The summed E-state index contributed by atoms with van der Waals surface area (Å²) in [5, 5.41) is 9.34. The molecule has 1 aliphatic carbocycles. The molecule has 0 saturated heterocycles. The molecule has 0 spiro atoms. The van der Waals surface area contributed by atoms with Crippen molar-refractivity contribution in [2.75, 3.05) is 13.7 Å². The molecule has 0 aromatic rings. The van der Waals surface area contributed by atoms with Crippen LogP contribution in [-0.4, -0.2) is 37.1 Å². The minimum Gasteiger partial charge on any atom is -0.390 e. The summed E-state index contributed by atoms with van der Waals surface area (Å²) in [6.07, 6.45) is 2.79. The van der Waals surface area contributed by atoms with E-state index in [0.717, 1.165) is 13.0 Å². The van der Waals surface area contributed by atoms with Gasteiger partial charge in [0.15, 0.2) is 0 Å². The first-order valence-electron chi connectivity index (χ1n) is 5.51. The van der Waals surface area contributed by atoms with Crippen molar-refractivity contribution in [3.05, 3.63) is 0 Å². The van der Waals surface area contributed by atoms with Crippen LogP contribution in [0.4, 0.5) is 0 Å². The van der Waals surface area contributed by atoms with Crippen LogP contribution in [-0.2, 0) is 9.47 Å². The Morgan fingerprint density at radius 3 is 2.71 bits per heavy atom. The lowest BCUT2D eigenvalue weighted by Gasteiger charge is -2.40. The van der Waals surface area contributed by atoms with E-state index in [2.05, 4.69) is 13.8 Å². The molecule has 3 heteroatoms. The maximum absolute atomic E-state index is 9.34. The van der Waals surface area contributed by atoms with Crippen molar-refractivity contribution in [1.29, 1.82) is 0 Å². The van der Waals surface area contributed by atoms with E-state index in [0.29, 0.717) is 5.92 Å². The van der Waals surface area contributed by atoms with Gasteiger partial charge in [0.25, 0.3) is 0 Å². The van der Waals surface area contributed by atoms with Crippen LogP contribution in [0.5, 0.6) is 0 Å². The summed E-state index contributed by atoms with van der Waals surface area (Å²) in [5.41, 5.74) is 0. The van der Waals surface area contributed by atoms with Crippen LogP contribution in [0, 0.1) is 5.92 Å². The smallest absolute Gasteiger partial charge is 0.109 e. The summed E-state index contributed by atoms with van der Waals surface area (Å²) in [6.45, 7) is 5.16. The zero-order valence-corrected chi connectivity index (χ0v) is 9.40. The molecule has 1 fully saturated rings. The maximum Gasteiger partial charge on any atom is 0.109 e. The summed E-state index contributed by atoms with van der Waals surface area (Å²) in [6, 6.07) is 0. The SMILES string of the molecule is CCCC(C)COC1CC(O)C1OC. The van der Waals surface area contributed by atoms with Crippen molar-refractivity contribution >= 4 is 0 Å².